The number of rotatable bonds is 7. The summed E-state index contributed by atoms with van der Waals surface area (Å²) in [7, 11) is -2.19. The highest BCUT2D eigenvalue weighted by Gasteiger charge is 2.22. The zero-order chi connectivity index (χ0) is 22.8. The van der Waals surface area contributed by atoms with Gasteiger partial charge in [-0.25, -0.2) is 18.2 Å². The summed E-state index contributed by atoms with van der Waals surface area (Å²) in [5.41, 5.74) is 3.46. The molecule has 0 amide bonds. The smallest absolute Gasteiger partial charge is 0.337 e. The van der Waals surface area contributed by atoms with Crippen molar-refractivity contribution in [2.24, 2.45) is 0 Å². The number of aromatic carboxylic acids is 1. The third-order valence-corrected chi connectivity index (χ3v) is 6.57. The van der Waals surface area contributed by atoms with Crippen molar-refractivity contribution in [3.63, 3.8) is 0 Å². The van der Waals surface area contributed by atoms with Gasteiger partial charge in [-0.2, -0.15) is 0 Å². The molecule has 162 valence electrons. The Bertz CT molecular complexity index is 1230. The van der Waals surface area contributed by atoms with Crippen molar-refractivity contribution in [2.75, 3.05) is 16.7 Å². The third kappa shape index (κ3) is 5.03. The van der Waals surface area contributed by atoms with E-state index in [0.717, 1.165) is 16.7 Å². The van der Waals surface area contributed by atoms with Crippen molar-refractivity contribution in [3.8, 4) is 0 Å². The van der Waals surface area contributed by atoms with E-state index in [1.807, 2.05) is 50.2 Å². The third-order valence-electron chi connectivity index (χ3n) is 5.06. The van der Waals surface area contributed by atoms with Gasteiger partial charge in [0, 0.05) is 19.8 Å². The van der Waals surface area contributed by atoms with E-state index in [-0.39, 0.29) is 16.1 Å². The number of aromatic nitrogens is 1. The number of benzene rings is 2. The average molecular weight is 440 g/mol. The number of nitrogens with one attached hydrogen (secondary N) is 1. The van der Waals surface area contributed by atoms with Crippen LogP contribution in [0.2, 0.25) is 0 Å². The molecule has 0 bridgehead atoms. The van der Waals surface area contributed by atoms with Gasteiger partial charge in [-0.1, -0.05) is 36.4 Å². The SMILES string of the molecule is Cc1cc(C)c(S(=O)(=O)Nc2cc(C(=O)O)cnc2N(C)Cc2ccccc2)cc1C. The van der Waals surface area contributed by atoms with Crippen molar-refractivity contribution in [1.29, 1.82) is 0 Å². The second-order valence-electron chi connectivity index (χ2n) is 7.55. The van der Waals surface area contributed by atoms with Crippen LogP contribution in [0.3, 0.4) is 0 Å². The van der Waals surface area contributed by atoms with Gasteiger partial charge in [0.15, 0.2) is 5.82 Å². The van der Waals surface area contributed by atoms with Crippen molar-refractivity contribution in [2.45, 2.75) is 32.2 Å². The number of hydrogen-bond donors (Lipinski definition) is 2. The van der Waals surface area contributed by atoms with E-state index in [1.165, 1.54) is 12.3 Å². The number of carbonyl (C=O) groups is 1. The van der Waals surface area contributed by atoms with Crippen molar-refractivity contribution >= 4 is 27.5 Å². The molecule has 0 spiro atoms. The fraction of sp³-hybridized carbons (Fsp3) is 0.217. The molecule has 0 unspecified atom stereocenters. The molecule has 31 heavy (non-hydrogen) atoms. The van der Waals surface area contributed by atoms with Crippen molar-refractivity contribution in [3.05, 3.63) is 82.5 Å². The summed E-state index contributed by atoms with van der Waals surface area (Å²) in [6, 6.07) is 14.4. The second kappa shape index (κ2) is 8.77. The van der Waals surface area contributed by atoms with Crippen LogP contribution in [0.4, 0.5) is 11.5 Å². The van der Waals surface area contributed by atoms with Gasteiger partial charge in [0.25, 0.3) is 10.0 Å². The minimum atomic E-state index is -3.96. The number of nitrogens with zero attached hydrogens (tertiary/aromatic N) is 2. The number of hydrogen-bond acceptors (Lipinski definition) is 5. The molecule has 0 saturated heterocycles. The summed E-state index contributed by atoms with van der Waals surface area (Å²) >= 11 is 0. The van der Waals surface area contributed by atoms with E-state index in [1.54, 1.807) is 24.9 Å². The largest absolute Gasteiger partial charge is 0.478 e. The van der Waals surface area contributed by atoms with Crippen LogP contribution in [0, 0.1) is 20.8 Å². The van der Waals surface area contributed by atoms with Gasteiger partial charge in [0.05, 0.1) is 16.1 Å². The average Bonchev–Trinajstić information content (AvgIpc) is 2.70. The predicted molar refractivity (Wildman–Crippen MR) is 121 cm³/mol. The summed E-state index contributed by atoms with van der Waals surface area (Å²) < 4.78 is 28.9. The van der Waals surface area contributed by atoms with Crippen LogP contribution in [0.5, 0.6) is 0 Å². The molecule has 0 radical (unpaired) electrons. The Hall–Kier alpha value is -3.39. The molecular weight excluding hydrogens is 414 g/mol. The topological polar surface area (TPSA) is 99.6 Å². The van der Waals surface area contributed by atoms with Crippen LogP contribution in [0.25, 0.3) is 0 Å². The van der Waals surface area contributed by atoms with Gasteiger partial charge in [-0.15, -0.1) is 0 Å². The Kier molecular flexibility index (Phi) is 6.31. The van der Waals surface area contributed by atoms with Gasteiger partial charge < -0.3 is 10.0 Å². The molecule has 8 heteroatoms. The standard InChI is InChI=1S/C23H25N3O4S/c1-15-10-17(3)21(11-16(15)2)31(29,30)25-20-12-19(23(27)28)13-24-22(20)26(4)14-18-8-6-5-7-9-18/h5-13,25H,14H2,1-4H3,(H,27,28). The highest BCUT2D eigenvalue weighted by Crippen LogP contribution is 2.29. The van der Waals surface area contributed by atoms with Crippen molar-refractivity contribution < 1.29 is 18.3 Å². The molecule has 2 N–H and O–H groups in total. The van der Waals surface area contributed by atoms with Crippen LogP contribution in [-0.2, 0) is 16.6 Å². The highest BCUT2D eigenvalue weighted by molar-refractivity contribution is 7.92. The van der Waals surface area contributed by atoms with E-state index in [9.17, 15) is 18.3 Å². The summed E-state index contributed by atoms with van der Waals surface area (Å²) in [5, 5.41) is 9.37. The molecule has 0 aliphatic carbocycles. The monoisotopic (exact) mass is 439 g/mol. The Labute approximate surface area is 182 Å². The molecule has 0 fully saturated rings. The van der Waals surface area contributed by atoms with Gasteiger partial charge in [0.1, 0.15) is 0 Å². The van der Waals surface area contributed by atoms with Crippen LogP contribution in [-0.4, -0.2) is 31.5 Å². The maximum Gasteiger partial charge on any atom is 0.337 e. The number of pyridine rings is 1. The maximum absolute atomic E-state index is 13.2. The zero-order valence-corrected chi connectivity index (χ0v) is 18.7. The minimum Gasteiger partial charge on any atom is -0.478 e. The summed E-state index contributed by atoms with van der Waals surface area (Å²) in [6.45, 7) is 5.97. The van der Waals surface area contributed by atoms with E-state index >= 15 is 0 Å². The van der Waals surface area contributed by atoms with Crippen LogP contribution in [0.15, 0.2) is 59.6 Å². The molecule has 1 heterocycles. The molecule has 7 nitrogen and oxygen atoms in total. The molecule has 0 aliphatic heterocycles. The summed E-state index contributed by atoms with van der Waals surface area (Å²) in [4.78, 5) is 17.6. The minimum absolute atomic E-state index is 0.105. The molecule has 0 atom stereocenters. The number of sulfonamides is 1. The van der Waals surface area contributed by atoms with Gasteiger partial charge in [-0.3, -0.25) is 4.72 Å². The Morgan fingerprint density at radius 2 is 1.68 bits per heavy atom. The second-order valence-corrected chi connectivity index (χ2v) is 9.20. The lowest BCUT2D eigenvalue weighted by atomic mass is 10.1. The molecule has 0 aliphatic rings. The number of carboxylic acid groups (broad SMARTS) is 1. The summed E-state index contributed by atoms with van der Waals surface area (Å²) in [6.07, 6.45) is 1.22. The first-order chi connectivity index (χ1) is 14.6. The van der Waals surface area contributed by atoms with E-state index in [4.69, 9.17) is 0 Å². The van der Waals surface area contributed by atoms with Crippen LogP contribution in [0.1, 0.15) is 32.6 Å². The molecule has 2 aromatic carbocycles. The number of aryl methyl sites for hydroxylation is 3. The summed E-state index contributed by atoms with van der Waals surface area (Å²) in [5.74, 6) is -0.855. The van der Waals surface area contributed by atoms with E-state index in [2.05, 4.69) is 9.71 Å². The lowest BCUT2D eigenvalue weighted by Gasteiger charge is -2.22. The van der Waals surface area contributed by atoms with Crippen LogP contribution >= 0.6 is 0 Å². The highest BCUT2D eigenvalue weighted by atomic mass is 32.2. The Morgan fingerprint density at radius 1 is 1.03 bits per heavy atom. The molecule has 1 aromatic heterocycles. The molecule has 0 saturated carbocycles. The van der Waals surface area contributed by atoms with Crippen molar-refractivity contribution in [1.82, 2.24) is 4.98 Å². The lowest BCUT2D eigenvalue weighted by Crippen LogP contribution is -2.22. The first kappa shape index (κ1) is 22.3. The zero-order valence-electron chi connectivity index (χ0n) is 17.9. The fourth-order valence-corrected chi connectivity index (χ4v) is 4.67. The molecule has 3 aromatic rings. The van der Waals surface area contributed by atoms with E-state index in [0.29, 0.717) is 17.9 Å². The van der Waals surface area contributed by atoms with Gasteiger partial charge >= 0.3 is 5.97 Å². The van der Waals surface area contributed by atoms with Crippen LogP contribution < -0.4 is 9.62 Å². The molecular formula is C23H25N3O4S. The van der Waals surface area contributed by atoms with Gasteiger partial charge in [-0.05, 0) is 55.2 Å². The fourth-order valence-electron chi connectivity index (χ4n) is 3.31. The first-order valence-electron chi connectivity index (χ1n) is 9.67. The van der Waals surface area contributed by atoms with Gasteiger partial charge in [0.2, 0.25) is 0 Å². The predicted octanol–water partition coefficient (Wildman–Crippen LogP) is 4.14. The molecule has 3 rings (SSSR count). The number of carboxylic acids is 1. The Morgan fingerprint density at radius 3 is 2.32 bits per heavy atom. The van der Waals surface area contributed by atoms with E-state index < -0.39 is 16.0 Å². The maximum atomic E-state index is 13.2. The first-order valence-corrected chi connectivity index (χ1v) is 11.2. The quantitative estimate of drug-likeness (QED) is 0.574. The lowest BCUT2D eigenvalue weighted by molar-refractivity contribution is 0.0696. The normalized spacial score (nSPS) is 11.2. The Balaban J connectivity index is 2.03. The number of anilines is 2.